The molecule has 0 saturated heterocycles. The first-order valence-corrected chi connectivity index (χ1v) is 3.96. The summed E-state index contributed by atoms with van der Waals surface area (Å²) in [6.07, 6.45) is 0. The van der Waals surface area contributed by atoms with Crippen molar-refractivity contribution in [2.45, 2.75) is 6.92 Å². The van der Waals surface area contributed by atoms with Crippen LogP contribution < -0.4 is 5.73 Å². The molecule has 5 nitrogen and oxygen atoms in total. The highest BCUT2D eigenvalue weighted by molar-refractivity contribution is 6.01. The zero-order valence-electron chi connectivity index (χ0n) is 7.68. The largest absolute Gasteiger partial charge is 0.411 e. The number of rotatable bonds is 2. The van der Waals surface area contributed by atoms with Crippen LogP contribution in [0, 0.1) is 0 Å². The first-order valence-electron chi connectivity index (χ1n) is 3.96. The molecule has 0 unspecified atom stereocenters. The van der Waals surface area contributed by atoms with E-state index in [1.54, 1.807) is 31.2 Å². The molecular formula is C9H11N3O2. The lowest BCUT2D eigenvalue weighted by Crippen LogP contribution is -2.13. The highest BCUT2D eigenvalue weighted by Crippen LogP contribution is 2.05. The Labute approximate surface area is 81.2 Å². The molecule has 0 aliphatic rings. The Morgan fingerprint density at radius 1 is 1.07 bits per heavy atom. The van der Waals surface area contributed by atoms with Gasteiger partial charge in [-0.3, -0.25) is 0 Å². The van der Waals surface area contributed by atoms with Crippen LogP contribution in [0.4, 0.5) is 0 Å². The minimum absolute atomic E-state index is 0.0511. The Balaban J connectivity index is 3.01. The average molecular weight is 193 g/mol. The van der Waals surface area contributed by atoms with Crippen molar-refractivity contribution >= 4 is 11.5 Å². The van der Waals surface area contributed by atoms with Crippen LogP contribution in [0.2, 0.25) is 0 Å². The van der Waals surface area contributed by atoms with E-state index in [0.29, 0.717) is 11.3 Å². The lowest BCUT2D eigenvalue weighted by atomic mass is 10.1. The van der Waals surface area contributed by atoms with Gasteiger partial charge in [0, 0.05) is 5.56 Å². The van der Waals surface area contributed by atoms with Crippen LogP contribution in [0.5, 0.6) is 0 Å². The van der Waals surface area contributed by atoms with Gasteiger partial charge in [0.05, 0.1) is 5.71 Å². The number of nitrogens with zero attached hydrogens (tertiary/aromatic N) is 2. The van der Waals surface area contributed by atoms with Crippen molar-refractivity contribution in [1.29, 1.82) is 0 Å². The Morgan fingerprint density at radius 3 is 2.00 bits per heavy atom. The zero-order chi connectivity index (χ0) is 10.6. The van der Waals surface area contributed by atoms with Crippen LogP contribution in [0.15, 0.2) is 34.6 Å². The van der Waals surface area contributed by atoms with E-state index >= 15 is 0 Å². The molecule has 0 spiro atoms. The second kappa shape index (κ2) is 4.27. The van der Waals surface area contributed by atoms with Crippen molar-refractivity contribution < 1.29 is 10.4 Å². The third-order valence-electron chi connectivity index (χ3n) is 1.86. The molecule has 0 radical (unpaired) electrons. The summed E-state index contributed by atoms with van der Waals surface area (Å²) < 4.78 is 0. The van der Waals surface area contributed by atoms with E-state index < -0.39 is 0 Å². The molecule has 1 rings (SSSR count). The fraction of sp³-hybridized carbons (Fsp3) is 0.111. The number of nitrogens with two attached hydrogens (primary N) is 1. The zero-order valence-corrected chi connectivity index (χ0v) is 7.68. The summed E-state index contributed by atoms with van der Waals surface area (Å²) in [5.41, 5.74) is 7.28. The van der Waals surface area contributed by atoms with Crippen molar-refractivity contribution in [1.82, 2.24) is 0 Å². The van der Waals surface area contributed by atoms with Gasteiger partial charge in [-0.25, -0.2) is 0 Å². The normalized spacial score (nSPS) is 12.9. The predicted octanol–water partition coefficient (Wildman–Crippen LogP) is 0.979. The van der Waals surface area contributed by atoms with E-state index in [1.807, 2.05) is 0 Å². The van der Waals surface area contributed by atoms with Gasteiger partial charge in [-0.2, -0.15) is 0 Å². The second-order valence-electron chi connectivity index (χ2n) is 2.75. The molecule has 5 heteroatoms. The monoisotopic (exact) mass is 193 g/mol. The van der Waals surface area contributed by atoms with E-state index in [9.17, 15) is 0 Å². The van der Waals surface area contributed by atoms with Crippen LogP contribution in [0.3, 0.4) is 0 Å². The number of hydrogen-bond acceptors (Lipinski definition) is 4. The molecule has 0 aliphatic carbocycles. The fourth-order valence-corrected chi connectivity index (χ4v) is 0.998. The molecule has 0 aromatic heterocycles. The maximum Gasteiger partial charge on any atom is 0.170 e. The van der Waals surface area contributed by atoms with Crippen LogP contribution in [-0.2, 0) is 0 Å². The minimum Gasteiger partial charge on any atom is -0.411 e. The van der Waals surface area contributed by atoms with Gasteiger partial charge >= 0.3 is 0 Å². The van der Waals surface area contributed by atoms with Crippen LogP contribution in [-0.4, -0.2) is 22.0 Å². The molecule has 0 amide bonds. The Hall–Kier alpha value is -2.04. The molecule has 0 aliphatic heterocycles. The fourth-order valence-electron chi connectivity index (χ4n) is 0.998. The number of benzene rings is 1. The first kappa shape index (κ1) is 10.0. The predicted molar refractivity (Wildman–Crippen MR) is 53.0 cm³/mol. The third-order valence-corrected chi connectivity index (χ3v) is 1.86. The van der Waals surface area contributed by atoms with Crippen molar-refractivity contribution in [2.24, 2.45) is 16.0 Å². The van der Waals surface area contributed by atoms with Crippen molar-refractivity contribution in [2.75, 3.05) is 0 Å². The topological polar surface area (TPSA) is 91.2 Å². The summed E-state index contributed by atoms with van der Waals surface area (Å²) in [7, 11) is 0. The molecule has 4 N–H and O–H groups in total. The summed E-state index contributed by atoms with van der Waals surface area (Å²) in [6, 6.07) is 6.81. The molecule has 0 fully saturated rings. The van der Waals surface area contributed by atoms with Gasteiger partial charge in [0.15, 0.2) is 5.84 Å². The van der Waals surface area contributed by atoms with Crippen molar-refractivity contribution in [3.63, 3.8) is 0 Å². The lowest BCUT2D eigenvalue weighted by Gasteiger charge is -2.00. The minimum atomic E-state index is 0.0511. The average Bonchev–Trinajstić information content (AvgIpc) is 2.27. The lowest BCUT2D eigenvalue weighted by molar-refractivity contribution is 0.318. The Bertz CT molecular complexity index is 331. The van der Waals surface area contributed by atoms with E-state index in [1.165, 1.54) is 0 Å². The maximum atomic E-state index is 8.51. The van der Waals surface area contributed by atoms with Crippen LogP contribution in [0.25, 0.3) is 0 Å². The van der Waals surface area contributed by atoms with Gasteiger partial charge in [-0.1, -0.05) is 34.6 Å². The summed E-state index contributed by atoms with van der Waals surface area (Å²) in [4.78, 5) is 0. The van der Waals surface area contributed by atoms with Gasteiger partial charge in [0.1, 0.15) is 0 Å². The van der Waals surface area contributed by atoms with Crippen molar-refractivity contribution in [3.8, 4) is 0 Å². The number of amidine groups is 1. The molecule has 0 atom stereocenters. The quantitative estimate of drug-likeness (QED) is 0.283. The SMILES string of the molecule is C/C(=N\O)c1ccc(/C(N)=N/O)cc1. The van der Waals surface area contributed by atoms with E-state index in [2.05, 4.69) is 10.3 Å². The summed E-state index contributed by atoms with van der Waals surface area (Å²) in [6.45, 7) is 1.68. The molecule has 1 aromatic carbocycles. The third kappa shape index (κ3) is 2.01. The Morgan fingerprint density at radius 2 is 1.57 bits per heavy atom. The van der Waals surface area contributed by atoms with E-state index in [-0.39, 0.29) is 5.84 Å². The highest BCUT2D eigenvalue weighted by atomic mass is 16.4. The van der Waals surface area contributed by atoms with Gasteiger partial charge in [-0.15, -0.1) is 0 Å². The molecule has 0 bridgehead atoms. The van der Waals surface area contributed by atoms with Gasteiger partial charge < -0.3 is 16.1 Å². The van der Waals surface area contributed by atoms with Crippen molar-refractivity contribution in [3.05, 3.63) is 35.4 Å². The van der Waals surface area contributed by atoms with Crippen LogP contribution in [0.1, 0.15) is 18.1 Å². The highest BCUT2D eigenvalue weighted by Gasteiger charge is 2.00. The Kier molecular flexibility index (Phi) is 3.06. The standard InChI is InChI=1S/C9H11N3O2/c1-6(11-13)7-2-4-8(5-3-7)9(10)12-14/h2-5,13-14H,1H3,(H2,10,12)/b11-6+. The van der Waals surface area contributed by atoms with Gasteiger partial charge in [-0.05, 0) is 12.5 Å². The summed E-state index contributed by atoms with van der Waals surface area (Å²) in [5, 5.41) is 22.9. The molecule has 0 saturated carbocycles. The molecule has 14 heavy (non-hydrogen) atoms. The maximum absolute atomic E-state index is 8.51. The molecular weight excluding hydrogens is 182 g/mol. The molecule has 1 aromatic rings. The van der Waals surface area contributed by atoms with Gasteiger partial charge in [0.2, 0.25) is 0 Å². The van der Waals surface area contributed by atoms with Crippen LogP contribution >= 0.6 is 0 Å². The van der Waals surface area contributed by atoms with E-state index in [4.69, 9.17) is 16.1 Å². The van der Waals surface area contributed by atoms with Gasteiger partial charge in [0.25, 0.3) is 0 Å². The molecule has 0 heterocycles. The smallest absolute Gasteiger partial charge is 0.170 e. The first-order chi connectivity index (χ1) is 6.69. The van der Waals surface area contributed by atoms with E-state index in [0.717, 1.165) is 5.56 Å². The summed E-state index contributed by atoms with van der Waals surface area (Å²) in [5.74, 6) is 0.0511. The molecule has 74 valence electrons. The number of oxime groups is 2. The summed E-state index contributed by atoms with van der Waals surface area (Å²) >= 11 is 0. The second-order valence-corrected chi connectivity index (χ2v) is 2.75. The number of hydrogen-bond donors (Lipinski definition) is 3.